The second kappa shape index (κ2) is 11.9. The maximum Gasteiger partial charge on any atom is 0.235 e. The molecule has 5 heteroatoms. The van der Waals surface area contributed by atoms with E-state index in [1.807, 2.05) is 22.7 Å². The molecule has 8 aromatic carbocycles. The van der Waals surface area contributed by atoms with E-state index in [9.17, 15) is 0 Å². The van der Waals surface area contributed by atoms with E-state index in [-0.39, 0.29) is 0 Å². The maximum absolute atomic E-state index is 5.37. The molecule has 0 bridgehead atoms. The van der Waals surface area contributed by atoms with Gasteiger partial charge in [0.1, 0.15) is 0 Å². The summed E-state index contributed by atoms with van der Waals surface area (Å²) in [6.07, 6.45) is 0. The van der Waals surface area contributed by atoms with Gasteiger partial charge in [-0.05, 0) is 64.7 Å². The van der Waals surface area contributed by atoms with E-state index in [2.05, 4.69) is 180 Å². The first-order valence-electron chi connectivity index (χ1n) is 18.5. The van der Waals surface area contributed by atoms with Gasteiger partial charge in [-0.3, -0.25) is 4.57 Å². The van der Waals surface area contributed by atoms with Crippen LogP contribution in [0.5, 0.6) is 0 Å². The minimum atomic E-state index is 0.673. The lowest BCUT2D eigenvalue weighted by atomic mass is 9.99. The Labute approximate surface area is 324 Å². The van der Waals surface area contributed by atoms with Gasteiger partial charge in [0.05, 0.1) is 22.2 Å². The molecular weight excluding hydrogens is 707 g/mol. The molecule has 0 unspecified atom stereocenters. The molecule has 4 aromatic heterocycles. The van der Waals surface area contributed by atoms with E-state index >= 15 is 0 Å². The molecule has 0 aliphatic heterocycles. The lowest BCUT2D eigenvalue weighted by molar-refractivity contribution is 1.01. The number of hydrogen-bond acceptors (Lipinski definition) is 4. The molecule has 55 heavy (non-hydrogen) atoms. The summed E-state index contributed by atoms with van der Waals surface area (Å²) in [6.45, 7) is 0. The molecule has 0 spiro atoms. The fraction of sp³-hybridized carbons (Fsp3) is 0. The van der Waals surface area contributed by atoms with Gasteiger partial charge >= 0.3 is 0 Å². The second-order valence-corrected chi connectivity index (χ2v) is 16.2. The Morgan fingerprint density at radius 2 is 1.04 bits per heavy atom. The van der Waals surface area contributed by atoms with Crippen LogP contribution in [0.1, 0.15) is 0 Å². The van der Waals surface area contributed by atoms with E-state index in [4.69, 9.17) is 9.97 Å². The summed E-state index contributed by atoms with van der Waals surface area (Å²) < 4.78 is 7.47. The van der Waals surface area contributed by atoms with E-state index in [0.717, 1.165) is 33.2 Å². The second-order valence-electron chi connectivity index (χ2n) is 14.1. The number of benzene rings is 8. The molecule has 0 atom stereocenters. The SMILES string of the molecule is c1ccc(-c2ccc3sc4c(-c5ccc6c(c5)c5c7sc8ccccc8c7ccc5n6-c5nc(-c6ccccc6)c6ccccc6n5)cccc4c3c2)cc1. The predicted octanol–water partition coefficient (Wildman–Crippen LogP) is 14.5. The molecule has 0 saturated heterocycles. The maximum atomic E-state index is 5.37. The van der Waals surface area contributed by atoms with Crippen LogP contribution in [0.4, 0.5) is 0 Å². The summed E-state index contributed by atoms with van der Waals surface area (Å²) in [5.41, 5.74) is 10.1. The normalized spacial score (nSPS) is 12.0. The van der Waals surface area contributed by atoms with Crippen molar-refractivity contribution in [3.8, 4) is 39.5 Å². The fourth-order valence-corrected chi connectivity index (χ4v) is 11.0. The Balaban J connectivity index is 1.14. The van der Waals surface area contributed by atoms with Gasteiger partial charge in [0, 0.05) is 62.1 Å². The van der Waals surface area contributed by atoms with Crippen molar-refractivity contribution < 1.29 is 0 Å². The van der Waals surface area contributed by atoms with Gasteiger partial charge in [-0.15, -0.1) is 22.7 Å². The van der Waals surface area contributed by atoms with E-state index in [0.29, 0.717) is 5.95 Å². The van der Waals surface area contributed by atoms with Crippen molar-refractivity contribution in [2.75, 3.05) is 0 Å². The summed E-state index contributed by atoms with van der Waals surface area (Å²) >= 11 is 3.75. The first kappa shape index (κ1) is 30.8. The average Bonchev–Trinajstić information content (AvgIpc) is 3.93. The standard InChI is InChI=1S/C50H29N3S2/c1-3-12-30(13-4-1)32-23-27-45-39(28-32)36-19-11-18-34(48(36)54-45)33-22-25-42-40(29-33)46-43(26-24-37-35-16-8-10-21-44(35)55-49(37)46)53(42)50-51-41-20-9-7-17-38(41)47(52-50)31-14-5-2-6-15-31/h1-29H. The number of thiophene rings is 2. The van der Waals surface area contributed by atoms with Gasteiger partial charge in [-0.1, -0.05) is 133 Å². The van der Waals surface area contributed by atoms with Gasteiger partial charge in [0.2, 0.25) is 5.95 Å². The Bertz CT molecular complexity index is 3480. The van der Waals surface area contributed by atoms with Gasteiger partial charge in [-0.25, -0.2) is 9.97 Å². The number of aromatic nitrogens is 3. The lowest BCUT2D eigenvalue weighted by Crippen LogP contribution is -2.03. The number of para-hydroxylation sites is 1. The Morgan fingerprint density at radius 1 is 0.382 bits per heavy atom. The minimum absolute atomic E-state index is 0.673. The number of fused-ring (bicyclic) bond motifs is 11. The summed E-state index contributed by atoms with van der Waals surface area (Å²) in [4.78, 5) is 10.6. The Kier molecular flexibility index (Phi) is 6.67. The van der Waals surface area contributed by atoms with Crippen molar-refractivity contribution in [2.24, 2.45) is 0 Å². The third-order valence-electron chi connectivity index (χ3n) is 11.0. The molecule has 0 aliphatic carbocycles. The van der Waals surface area contributed by atoms with Crippen LogP contribution in [-0.2, 0) is 0 Å². The largest absolute Gasteiger partial charge is 0.278 e. The van der Waals surface area contributed by atoms with Crippen LogP contribution in [0.15, 0.2) is 176 Å². The van der Waals surface area contributed by atoms with Crippen LogP contribution < -0.4 is 0 Å². The monoisotopic (exact) mass is 735 g/mol. The molecule has 0 saturated carbocycles. The summed E-state index contributed by atoms with van der Waals surface area (Å²) in [5.74, 6) is 0.673. The van der Waals surface area contributed by atoms with Crippen molar-refractivity contribution in [3.63, 3.8) is 0 Å². The van der Waals surface area contributed by atoms with E-state index in [1.165, 1.54) is 73.4 Å². The molecule has 0 aliphatic rings. The molecule has 0 N–H and O–H groups in total. The number of nitrogens with zero attached hydrogens (tertiary/aromatic N) is 3. The van der Waals surface area contributed by atoms with Crippen LogP contribution >= 0.6 is 22.7 Å². The Morgan fingerprint density at radius 3 is 1.91 bits per heavy atom. The molecule has 0 amide bonds. The molecule has 0 radical (unpaired) electrons. The molecule has 4 heterocycles. The molecular formula is C50H29N3S2. The lowest BCUT2D eigenvalue weighted by Gasteiger charge is -2.12. The summed E-state index contributed by atoms with van der Waals surface area (Å²) in [5, 5.41) is 8.65. The number of rotatable bonds is 4. The summed E-state index contributed by atoms with van der Waals surface area (Å²) in [6, 6.07) is 63.4. The highest BCUT2D eigenvalue weighted by atomic mass is 32.1. The Hall–Kier alpha value is -6.66. The first-order chi connectivity index (χ1) is 27.3. The van der Waals surface area contributed by atoms with Gasteiger partial charge < -0.3 is 0 Å². The first-order valence-corrected chi connectivity index (χ1v) is 20.1. The molecule has 12 aromatic rings. The highest BCUT2D eigenvalue weighted by Gasteiger charge is 2.22. The van der Waals surface area contributed by atoms with Crippen molar-refractivity contribution in [3.05, 3.63) is 176 Å². The van der Waals surface area contributed by atoms with E-state index in [1.54, 1.807) is 0 Å². The topological polar surface area (TPSA) is 30.7 Å². The van der Waals surface area contributed by atoms with Crippen molar-refractivity contribution in [2.45, 2.75) is 0 Å². The molecule has 3 nitrogen and oxygen atoms in total. The zero-order valence-electron chi connectivity index (χ0n) is 29.4. The van der Waals surface area contributed by atoms with E-state index < -0.39 is 0 Å². The highest BCUT2D eigenvalue weighted by molar-refractivity contribution is 7.27. The van der Waals surface area contributed by atoms with Crippen LogP contribution in [0, 0.1) is 0 Å². The van der Waals surface area contributed by atoms with Crippen molar-refractivity contribution in [1.29, 1.82) is 0 Å². The number of hydrogen-bond donors (Lipinski definition) is 0. The van der Waals surface area contributed by atoms with Crippen LogP contribution in [0.3, 0.4) is 0 Å². The zero-order valence-corrected chi connectivity index (χ0v) is 31.0. The van der Waals surface area contributed by atoms with Crippen LogP contribution in [-0.4, -0.2) is 14.5 Å². The minimum Gasteiger partial charge on any atom is -0.278 e. The smallest absolute Gasteiger partial charge is 0.235 e. The highest BCUT2D eigenvalue weighted by Crippen LogP contribution is 2.46. The van der Waals surface area contributed by atoms with Gasteiger partial charge in [-0.2, -0.15) is 0 Å². The summed E-state index contributed by atoms with van der Waals surface area (Å²) in [7, 11) is 0. The molecule has 0 fully saturated rings. The average molecular weight is 736 g/mol. The quantitative estimate of drug-likeness (QED) is 0.180. The predicted molar refractivity (Wildman–Crippen MR) is 236 cm³/mol. The van der Waals surface area contributed by atoms with Crippen LogP contribution in [0.2, 0.25) is 0 Å². The fourth-order valence-electron chi connectivity index (χ4n) is 8.49. The third-order valence-corrected chi connectivity index (χ3v) is 13.5. The van der Waals surface area contributed by atoms with Crippen molar-refractivity contribution >= 4 is 95.7 Å². The third kappa shape index (κ3) is 4.67. The zero-order chi connectivity index (χ0) is 36.0. The molecule has 12 rings (SSSR count). The van der Waals surface area contributed by atoms with Gasteiger partial charge in [0.15, 0.2) is 0 Å². The molecule has 256 valence electrons. The van der Waals surface area contributed by atoms with Crippen molar-refractivity contribution in [1.82, 2.24) is 14.5 Å². The van der Waals surface area contributed by atoms with Crippen LogP contribution in [0.25, 0.3) is 113 Å². The van der Waals surface area contributed by atoms with Gasteiger partial charge in [0.25, 0.3) is 0 Å².